The van der Waals surface area contributed by atoms with Crippen LogP contribution in [0.25, 0.3) is 0 Å². The summed E-state index contributed by atoms with van der Waals surface area (Å²) in [5.41, 5.74) is 0.527. The molecule has 0 radical (unpaired) electrons. The van der Waals surface area contributed by atoms with Gasteiger partial charge in [0, 0.05) is 55.8 Å². The van der Waals surface area contributed by atoms with E-state index in [9.17, 15) is 13.2 Å². The molecule has 2 aromatic rings. The first-order chi connectivity index (χ1) is 14.9. The fraction of sp³-hybridized carbons (Fsp3) is 0.478. The Bertz CT molecular complexity index is 993. The van der Waals surface area contributed by atoms with E-state index in [1.165, 1.54) is 4.31 Å². The quantitative estimate of drug-likeness (QED) is 0.656. The largest absolute Gasteiger partial charge is 0.474 e. The zero-order chi connectivity index (χ0) is 22.0. The summed E-state index contributed by atoms with van der Waals surface area (Å²) >= 11 is 0. The van der Waals surface area contributed by atoms with Gasteiger partial charge in [-0.05, 0) is 43.2 Å². The second-order valence-electron chi connectivity index (χ2n) is 8.09. The highest BCUT2D eigenvalue weighted by Gasteiger charge is 2.44. The molecule has 7 nitrogen and oxygen atoms in total. The van der Waals surface area contributed by atoms with Crippen LogP contribution in [0.15, 0.2) is 53.6 Å². The molecular weight excluding hydrogens is 414 g/mol. The molecule has 2 unspecified atom stereocenters. The number of carbonyl (C=O) groups is 1. The molecule has 0 saturated carbocycles. The Balaban J connectivity index is 1.46. The monoisotopic (exact) mass is 443 g/mol. The number of rotatable bonds is 7. The normalized spacial score (nSPS) is 23.2. The number of piperidine rings is 1. The molecule has 0 spiro atoms. The Morgan fingerprint density at radius 2 is 1.71 bits per heavy atom. The zero-order valence-electron chi connectivity index (χ0n) is 18.0. The third kappa shape index (κ3) is 4.32. The molecule has 2 saturated heterocycles. The molecule has 2 fully saturated rings. The third-order valence-electron chi connectivity index (χ3n) is 6.29. The van der Waals surface area contributed by atoms with E-state index in [-0.39, 0.29) is 29.0 Å². The zero-order valence-corrected chi connectivity index (χ0v) is 18.8. The van der Waals surface area contributed by atoms with E-state index in [0.29, 0.717) is 24.5 Å². The number of fused-ring (bicyclic) bond motifs is 2. The highest BCUT2D eigenvalue weighted by atomic mass is 32.2. The number of hydrogen-bond acceptors (Lipinski definition) is 5. The van der Waals surface area contributed by atoms with Crippen LogP contribution in [0, 0.1) is 0 Å². The molecular formula is C23H29N3O4S. The highest BCUT2D eigenvalue weighted by molar-refractivity contribution is 7.89. The minimum Gasteiger partial charge on any atom is -0.474 e. The first kappa shape index (κ1) is 21.8. The van der Waals surface area contributed by atoms with Gasteiger partial charge in [0.2, 0.25) is 15.9 Å². The number of hydrogen-bond donors (Lipinski definition) is 0. The van der Waals surface area contributed by atoms with Gasteiger partial charge in [0.15, 0.2) is 0 Å². The summed E-state index contributed by atoms with van der Waals surface area (Å²) < 4.78 is 32.8. The van der Waals surface area contributed by atoms with Gasteiger partial charge in [0.05, 0.1) is 4.90 Å². The number of benzene rings is 1. The van der Waals surface area contributed by atoms with E-state index in [4.69, 9.17) is 4.74 Å². The molecule has 8 heteroatoms. The minimum absolute atomic E-state index is 0.0319. The maximum absolute atomic E-state index is 13.2. The third-order valence-corrected chi connectivity index (χ3v) is 8.36. The van der Waals surface area contributed by atoms with Crippen molar-refractivity contribution in [2.45, 2.75) is 62.6 Å². The standard InChI is InChI=1S/C23H29N3O4S/c1-3-25(4-2)31(28,29)21-12-8-17(9-13-21)23(27)26-18-10-11-19(26)16-20(15-18)30-22-7-5-6-14-24-22/h5-9,12-14,18-20H,3-4,10-11,15-16H2,1-2H3. The lowest BCUT2D eigenvalue weighted by Gasteiger charge is -2.38. The molecule has 0 N–H and O–H groups in total. The van der Waals surface area contributed by atoms with Gasteiger partial charge in [0.1, 0.15) is 6.10 Å². The number of amides is 1. The van der Waals surface area contributed by atoms with Crippen molar-refractivity contribution in [3.8, 4) is 5.88 Å². The van der Waals surface area contributed by atoms with Crippen LogP contribution in [-0.4, -0.2) is 59.8 Å². The summed E-state index contributed by atoms with van der Waals surface area (Å²) in [7, 11) is -3.53. The molecule has 4 rings (SSSR count). The molecule has 166 valence electrons. The van der Waals surface area contributed by atoms with Crippen LogP contribution in [0.4, 0.5) is 0 Å². The molecule has 0 aliphatic carbocycles. The lowest BCUT2D eigenvalue weighted by Crippen LogP contribution is -2.49. The average Bonchev–Trinajstić information content (AvgIpc) is 3.05. The fourth-order valence-corrected chi connectivity index (χ4v) is 6.23. The second kappa shape index (κ2) is 8.96. The molecule has 2 atom stereocenters. The maximum Gasteiger partial charge on any atom is 0.254 e. The summed E-state index contributed by atoms with van der Waals surface area (Å²) in [6, 6.07) is 12.2. The molecule has 31 heavy (non-hydrogen) atoms. The van der Waals surface area contributed by atoms with Crippen LogP contribution >= 0.6 is 0 Å². The number of nitrogens with zero attached hydrogens (tertiary/aromatic N) is 3. The first-order valence-corrected chi connectivity index (χ1v) is 12.4. The molecule has 2 aliphatic rings. The Hall–Kier alpha value is -2.45. The molecule has 1 aromatic heterocycles. The van der Waals surface area contributed by atoms with E-state index >= 15 is 0 Å². The predicted octanol–water partition coefficient (Wildman–Crippen LogP) is 3.33. The Kier molecular flexibility index (Phi) is 6.29. The van der Waals surface area contributed by atoms with Crippen molar-refractivity contribution in [2.75, 3.05) is 13.1 Å². The van der Waals surface area contributed by atoms with Crippen molar-refractivity contribution < 1.29 is 17.9 Å². The average molecular weight is 444 g/mol. The van der Waals surface area contributed by atoms with Crippen LogP contribution in [0.1, 0.15) is 49.9 Å². The van der Waals surface area contributed by atoms with Crippen molar-refractivity contribution in [1.82, 2.24) is 14.2 Å². The van der Waals surface area contributed by atoms with Crippen molar-refractivity contribution in [3.05, 3.63) is 54.2 Å². The van der Waals surface area contributed by atoms with Crippen molar-refractivity contribution in [2.24, 2.45) is 0 Å². The lowest BCUT2D eigenvalue weighted by molar-refractivity contribution is 0.0348. The number of carbonyl (C=O) groups excluding carboxylic acids is 1. The highest BCUT2D eigenvalue weighted by Crippen LogP contribution is 2.38. The van der Waals surface area contributed by atoms with Crippen molar-refractivity contribution in [3.63, 3.8) is 0 Å². The van der Waals surface area contributed by atoms with E-state index in [1.54, 1.807) is 30.5 Å². The van der Waals surface area contributed by atoms with Gasteiger partial charge in [-0.2, -0.15) is 4.31 Å². The Labute approximate surface area is 184 Å². The summed E-state index contributed by atoms with van der Waals surface area (Å²) in [6.45, 7) is 4.46. The molecule has 1 aromatic carbocycles. The SMILES string of the molecule is CCN(CC)S(=O)(=O)c1ccc(C(=O)N2C3CCC2CC(Oc2ccccn2)C3)cc1. The van der Waals surface area contributed by atoms with Gasteiger partial charge in [0.25, 0.3) is 5.91 Å². The van der Waals surface area contributed by atoms with Gasteiger partial charge >= 0.3 is 0 Å². The van der Waals surface area contributed by atoms with Gasteiger partial charge < -0.3 is 9.64 Å². The predicted molar refractivity (Wildman–Crippen MR) is 117 cm³/mol. The van der Waals surface area contributed by atoms with Crippen LogP contribution in [0.3, 0.4) is 0 Å². The fourth-order valence-electron chi connectivity index (χ4n) is 4.77. The van der Waals surface area contributed by atoms with Gasteiger partial charge in [-0.15, -0.1) is 0 Å². The molecule has 1 amide bonds. The van der Waals surface area contributed by atoms with Crippen LogP contribution < -0.4 is 4.74 Å². The Morgan fingerprint density at radius 1 is 1.06 bits per heavy atom. The van der Waals surface area contributed by atoms with E-state index < -0.39 is 10.0 Å². The van der Waals surface area contributed by atoms with Gasteiger partial charge in [-0.25, -0.2) is 13.4 Å². The molecule has 2 bridgehead atoms. The first-order valence-electron chi connectivity index (χ1n) is 10.9. The Morgan fingerprint density at radius 3 is 2.26 bits per heavy atom. The van der Waals surface area contributed by atoms with Crippen molar-refractivity contribution >= 4 is 15.9 Å². The summed E-state index contributed by atoms with van der Waals surface area (Å²) in [5.74, 6) is 0.590. The minimum atomic E-state index is -3.53. The van der Waals surface area contributed by atoms with Crippen LogP contribution in [0.2, 0.25) is 0 Å². The van der Waals surface area contributed by atoms with E-state index in [1.807, 2.05) is 36.9 Å². The molecule has 2 aliphatic heterocycles. The van der Waals surface area contributed by atoms with Crippen LogP contribution in [-0.2, 0) is 10.0 Å². The number of aromatic nitrogens is 1. The maximum atomic E-state index is 13.2. The van der Waals surface area contributed by atoms with Crippen LogP contribution in [0.5, 0.6) is 5.88 Å². The summed E-state index contributed by atoms with van der Waals surface area (Å²) in [5, 5.41) is 0. The van der Waals surface area contributed by atoms with Gasteiger partial charge in [-0.3, -0.25) is 4.79 Å². The van der Waals surface area contributed by atoms with E-state index in [2.05, 4.69) is 4.98 Å². The van der Waals surface area contributed by atoms with E-state index in [0.717, 1.165) is 25.7 Å². The summed E-state index contributed by atoms with van der Waals surface area (Å²) in [4.78, 5) is 19.7. The number of sulfonamides is 1. The number of ether oxygens (including phenoxy) is 1. The topological polar surface area (TPSA) is 79.8 Å². The number of pyridine rings is 1. The van der Waals surface area contributed by atoms with Crippen molar-refractivity contribution in [1.29, 1.82) is 0 Å². The van der Waals surface area contributed by atoms with Gasteiger partial charge in [-0.1, -0.05) is 19.9 Å². The lowest BCUT2D eigenvalue weighted by atomic mass is 9.98. The second-order valence-corrected chi connectivity index (χ2v) is 10.0. The summed E-state index contributed by atoms with van der Waals surface area (Å²) in [6.07, 6.45) is 5.27. The smallest absolute Gasteiger partial charge is 0.254 e. The molecule has 3 heterocycles.